The fourth-order valence-corrected chi connectivity index (χ4v) is 2.70. The van der Waals surface area contributed by atoms with Gasteiger partial charge in [-0.25, -0.2) is 4.99 Å². The Morgan fingerprint density at radius 3 is 2.67 bits per heavy atom. The van der Waals surface area contributed by atoms with Crippen molar-refractivity contribution in [3.8, 4) is 5.75 Å². The van der Waals surface area contributed by atoms with Crippen LogP contribution in [0.4, 0.5) is 13.2 Å². The van der Waals surface area contributed by atoms with E-state index in [1.165, 1.54) is 12.1 Å². The first kappa shape index (κ1) is 21.3. The van der Waals surface area contributed by atoms with Crippen molar-refractivity contribution in [1.29, 1.82) is 0 Å². The van der Waals surface area contributed by atoms with Crippen LogP contribution in [0.3, 0.4) is 0 Å². The second kappa shape index (κ2) is 11.0. The molecule has 0 aliphatic carbocycles. The van der Waals surface area contributed by atoms with E-state index in [0.717, 1.165) is 45.8 Å². The summed E-state index contributed by atoms with van der Waals surface area (Å²) in [6, 6.07) is 6.04. The van der Waals surface area contributed by atoms with Crippen LogP contribution in [0.25, 0.3) is 0 Å². The van der Waals surface area contributed by atoms with Crippen LogP contribution in [0.15, 0.2) is 29.3 Å². The molecule has 0 bridgehead atoms. The third-order valence-electron chi connectivity index (χ3n) is 4.00. The lowest BCUT2D eigenvalue weighted by Gasteiger charge is -2.26. The molecule has 1 aromatic rings. The van der Waals surface area contributed by atoms with Gasteiger partial charge < -0.3 is 20.1 Å². The second-order valence-corrected chi connectivity index (χ2v) is 6.09. The third kappa shape index (κ3) is 8.49. The van der Waals surface area contributed by atoms with Crippen LogP contribution in [-0.4, -0.2) is 63.2 Å². The maximum absolute atomic E-state index is 12.5. The Morgan fingerprint density at radius 2 is 1.96 bits per heavy atom. The van der Waals surface area contributed by atoms with Gasteiger partial charge in [-0.3, -0.25) is 4.90 Å². The number of aliphatic imine (C=N–C) groups is 1. The Balaban J connectivity index is 1.85. The molecular formula is C18H27F3N4O2. The highest BCUT2D eigenvalue weighted by molar-refractivity contribution is 5.79. The van der Waals surface area contributed by atoms with Crippen molar-refractivity contribution in [1.82, 2.24) is 15.5 Å². The number of benzene rings is 1. The van der Waals surface area contributed by atoms with Gasteiger partial charge in [-0.1, -0.05) is 18.2 Å². The molecule has 0 unspecified atom stereocenters. The monoisotopic (exact) mass is 388 g/mol. The van der Waals surface area contributed by atoms with E-state index >= 15 is 0 Å². The fraction of sp³-hybridized carbons (Fsp3) is 0.611. The largest absolute Gasteiger partial charge is 0.573 e. The molecule has 2 rings (SSSR count). The zero-order valence-electron chi connectivity index (χ0n) is 15.5. The number of halogens is 3. The molecule has 2 N–H and O–H groups in total. The standard InChI is InChI=1S/C18H27F3N4O2/c1-2-22-17(23-8-5-9-25-10-12-26-13-11-25)24-14-15-6-3-4-7-16(15)27-18(19,20)21/h3-4,6-7H,2,5,8-14H2,1H3,(H2,22,23,24). The highest BCUT2D eigenvalue weighted by Gasteiger charge is 2.31. The van der Waals surface area contributed by atoms with E-state index in [2.05, 4.69) is 25.3 Å². The molecule has 0 amide bonds. The molecule has 152 valence electrons. The lowest BCUT2D eigenvalue weighted by atomic mass is 10.2. The molecule has 0 radical (unpaired) electrons. The molecular weight excluding hydrogens is 361 g/mol. The molecule has 0 atom stereocenters. The van der Waals surface area contributed by atoms with Gasteiger partial charge in [-0.2, -0.15) is 0 Å². The summed E-state index contributed by atoms with van der Waals surface area (Å²) >= 11 is 0. The van der Waals surface area contributed by atoms with Crippen LogP contribution in [0.5, 0.6) is 5.75 Å². The number of nitrogens with one attached hydrogen (secondary N) is 2. The molecule has 1 aliphatic heterocycles. The van der Waals surface area contributed by atoms with Gasteiger partial charge in [0.1, 0.15) is 5.75 Å². The summed E-state index contributed by atoms with van der Waals surface area (Å²) in [7, 11) is 0. The van der Waals surface area contributed by atoms with Crippen LogP contribution < -0.4 is 15.4 Å². The molecule has 1 fully saturated rings. The SMILES string of the molecule is CCNC(=NCc1ccccc1OC(F)(F)F)NCCCN1CCOCC1. The molecule has 1 aromatic carbocycles. The van der Waals surface area contributed by atoms with E-state index in [0.29, 0.717) is 18.1 Å². The number of ether oxygens (including phenoxy) is 2. The summed E-state index contributed by atoms with van der Waals surface area (Å²) in [5, 5.41) is 6.32. The van der Waals surface area contributed by atoms with Gasteiger partial charge in [0.15, 0.2) is 5.96 Å². The maximum atomic E-state index is 12.5. The summed E-state index contributed by atoms with van der Waals surface area (Å²) < 4.78 is 46.9. The third-order valence-corrected chi connectivity index (χ3v) is 4.00. The molecule has 0 aromatic heterocycles. The zero-order chi connectivity index (χ0) is 19.5. The van der Waals surface area contributed by atoms with Gasteiger partial charge >= 0.3 is 6.36 Å². The molecule has 1 aliphatic rings. The van der Waals surface area contributed by atoms with Gasteiger partial charge in [0, 0.05) is 31.7 Å². The van der Waals surface area contributed by atoms with Crippen molar-refractivity contribution < 1.29 is 22.6 Å². The highest BCUT2D eigenvalue weighted by atomic mass is 19.4. The number of hydrogen-bond acceptors (Lipinski definition) is 4. The van der Waals surface area contributed by atoms with Crippen molar-refractivity contribution in [3.05, 3.63) is 29.8 Å². The fourth-order valence-electron chi connectivity index (χ4n) is 2.70. The Bertz CT molecular complexity index is 590. The minimum absolute atomic E-state index is 0.0883. The minimum Gasteiger partial charge on any atom is -0.405 e. The van der Waals surface area contributed by atoms with Gasteiger partial charge in [-0.15, -0.1) is 13.2 Å². The Labute approximate surface area is 157 Å². The lowest BCUT2D eigenvalue weighted by Crippen LogP contribution is -2.40. The number of nitrogens with zero attached hydrogens (tertiary/aromatic N) is 2. The van der Waals surface area contributed by atoms with Crippen molar-refractivity contribution in [2.45, 2.75) is 26.3 Å². The summed E-state index contributed by atoms with van der Waals surface area (Å²) in [5.74, 6) is 0.346. The van der Waals surface area contributed by atoms with Crippen LogP contribution in [0.2, 0.25) is 0 Å². The van der Waals surface area contributed by atoms with Gasteiger partial charge in [-0.05, 0) is 26.0 Å². The first-order chi connectivity index (χ1) is 13.0. The molecule has 0 saturated carbocycles. The maximum Gasteiger partial charge on any atom is 0.573 e. The van der Waals surface area contributed by atoms with Gasteiger partial charge in [0.05, 0.1) is 19.8 Å². The molecule has 0 spiro atoms. The number of hydrogen-bond donors (Lipinski definition) is 2. The van der Waals surface area contributed by atoms with E-state index < -0.39 is 6.36 Å². The minimum atomic E-state index is -4.72. The van der Waals surface area contributed by atoms with E-state index in [4.69, 9.17) is 4.74 Å². The Hall–Kier alpha value is -2.00. The van der Waals surface area contributed by atoms with Crippen molar-refractivity contribution in [3.63, 3.8) is 0 Å². The van der Waals surface area contributed by atoms with Crippen LogP contribution >= 0.6 is 0 Å². The number of alkyl halides is 3. The first-order valence-electron chi connectivity index (χ1n) is 9.14. The molecule has 6 nitrogen and oxygen atoms in total. The zero-order valence-corrected chi connectivity index (χ0v) is 15.5. The van der Waals surface area contributed by atoms with Crippen LogP contribution in [0.1, 0.15) is 18.9 Å². The number of para-hydroxylation sites is 1. The number of morpholine rings is 1. The van der Waals surface area contributed by atoms with E-state index in [9.17, 15) is 13.2 Å². The lowest BCUT2D eigenvalue weighted by molar-refractivity contribution is -0.274. The highest BCUT2D eigenvalue weighted by Crippen LogP contribution is 2.26. The Morgan fingerprint density at radius 1 is 1.22 bits per heavy atom. The summed E-state index contributed by atoms with van der Waals surface area (Å²) in [6.45, 7) is 7.83. The quantitative estimate of drug-likeness (QED) is 0.407. The molecule has 27 heavy (non-hydrogen) atoms. The van der Waals surface area contributed by atoms with E-state index in [-0.39, 0.29) is 12.3 Å². The number of guanidine groups is 1. The van der Waals surface area contributed by atoms with E-state index in [1.807, 2.05) is 6.92 Å². The second-order valence-electron chi connectivity index (χ2n) is 6.09. The van der Waals surface area contributed by atoms with Crippen molar-refractivity contribution >= 4 is 5.96 Å². The van der Waals surface area contributed by atoms with Gasteiger partial charge in [0.25, 0.3) is 0 Å². The molecule has 1 heterocycles. The average molecular weight is 388 g/mol. The normalized spacial score (nSPS) is 16.2. The first-order valence-corrected chi connectivity index (χ1v) is 9.14. The Kier molecular flexibility index (Phi) is 8.66. The predicted octanol–water partition coefficient (Wildman–Crippen LogP) is 2.36. The van der Waals surface area contributed by atoms with E-state index in [1.54, 1.807) is 12.1 Å². The molecule has 1 saturated heterocycles. The van der Waals surface area contributed by atoms with Crippen molar-refractivity contribution in [2.24, 2.45) is 4.99 Å². The van der Waals surface area contributed by atoms with Crippen LogP contribution in [-0.2, 0) is 11.3 Å². The topological polar surface area (TPSA) is 58.1 Å². The number of rotatable bonds is 8. The predicted molar refractivity (Wildman–Crippen MR) is 97.8 cm³/mol. The van der Waals surface area contributed by atoms with Crippen LogP contribution in [0, 0.1) is 0 Å². The smallest absolute Gasteiger partial charge is 0.405 e. The summed E-state index contributed by atoms with van der Waals surface area (Å²) in [5.41, 5.74) is 0.375. The molecule has 9 heteroatoms. The summed E-state index contributed by atoms with van der Waals surface area (Å²) in [4.78, 5) is 6.72. The summed E-state index contributed by atoms with van der Waals surface area (Å²) in [6.07, 6.45) is -3.78. The average Bonchev–Trinajstić information content (AvgIpc) is 2.64. The van der Waals surface area contributed by atoms with Gasteiger partial charge in [0.2, 0.25) is 0 Å². The van der Waals surface area contributed by atoms with Crippen molar-refractivity contribution in [2.75, 3.05) is 45.9 Å².